The van der Waals surface area contributed by atoms with E-state index in [1.807, 2.05) is 0 Å². The summed E-state index contributed by atoms with van der Waals surface area (Å²) in [6.07, 6.45) is 0. The van der Waals surface area contributed by atoms with Crippen LogP contribution >= 0.6 is 0 Å². The summed E-state index contributed by atoms with van der Waals surface area (Å²) in [6.45, 7) is -0.637. The predicted octanol–water partition coefficient (Wildman–Crippen LogP) is 0.231. The number of carbonyl (C=O) groups excluding carboxylic acids is 2. The minimum Gasteiger partial charge on any atom is -0.457 e. The molecule has 0 aromatic heterocycles. The Morgan fingerprint density at radius 3 is 1.62 bits per heavy atom. The number of esters is 2. The van der Waals surface area contributed by atoms with E-state index in [-0.39, 0.29) is 35.3 Å². The quantitative estimate of drug-likeness (QED) is 0.130. The fraction of sp³-hybridized carbons (Fsp3) is 0.130. The molecule has 14 nitrogen and oxygen atoms in total. The van der Waals surface area contributed by atoms with Gasteiger partial charge in [0.05, 0.1) is 21.0 Å². The largest absolute Gasteiger partial charge is 0.491 e. The molecule has 3 aromatic carbocycles. The summed E-state index contributed by atoms with van der Waals surface area (Å²) in [5.74, 6) is -1.91. The minimum absolute atomic E-state index is 0.0241. The maximum Gasteiger partial charge on any atom is 0.491 e. The van der Waals surface area contributed by atoms with E-state index >= 15 is 0 Å². The van der Waals surface area contributed by atoms with Gasteiger partial charge in [-0.2, -0.15) is 0 Å². The van der Waals surface area contributed by atoms with E-state index in [9.17, 15) is 44.9 Å². The Balaban J connectivity index is 1.74. The van der Waals surface area contributed by atoms with Crippen LogP contribution in [0.3, 0.4) is 0 Å². The van der Waals surface area contributed by atoms with Crippen molar-refractivity contribution in [2.24, 2.45) is 0 Å². The summed E-state index contributed by atoms with van der Waals surface area (Å²) >= 11 is 0. The topological polar surface area (TPSA) is 209 Å². The number of nitrogens with zero attached hydrogens (tertiary/aromatic N) is 2. The highest BCUT2D eigenvalue weighted by molar-refractivity contribution is 6.60. The molecule has 3 rings (SSSR count). The minimum atomic E-state index is -2.05. The summed E-state index contributed by atoms with van der Waals surface area (Å²) in [6, 6.07) is 12.5. The van der Waals surface area contributed by atoms with Crippen LogP contribution < -0.4 is 10.9 Å². The molecular formula is C23H20B2N2O12. The third-order valence-corrected chi connectivity index (χ3v) is 5.42. The maximum atomic E-state index is 12.6. The lowest BCUT2D eigenvalue weighted by Gasteiger charge is -2.12. The molecule has 16 heteroatoms. The van der Waals surface area contributed by atoms with Crippen LogP contribution in [0.25, 0.3) is 0 Å². The average molecular weight is 538 g/mol. The third kappa shape index (κ3) is 7.45. The molecule has 0 aliphatic carbocycles. The Hall–Kier alpha value is -4.63. The predicted molar refractivity (Wildman–Crippen MR) is 135 cm³/mol. The molecule has 0 radical (unpaired) electrons. The number of nitro groups is 2. The van der Waals surface area contributed by atoms with Crippen LogP contribution in [0, 0.1) is 20.2 Å². The zero-order chi connectivity index (χ0) is 28.7. The van der Waals surface area contributed by atoms with Crippen molar-refractivity contribution >= 4 is 48.5 Å². The van der Waals surface area contributed by atoms with Gasteiger partial charge in [-0.1, -0.05) is 24.3 Å². The molecule has 3 aromatic rings. The van der Waals surface area contributed by atoms with E-state index in [4.69, 9.17) is 14.1 Å². The fourth-order valence-corrected chi connectivity index (χ4v) is 3.44. The van der Waals surface area contributed by atoms with Gasteiger partial charge in [0.1, 0.15) is 13.2 Å². The molecule has 0 fully saturated rings. The number of rotatable bonds is 11. The van der Waals surface area contributed by atoms with Crippen LogP contribution in [0.1, 0.15) is 31.8 Å². The molecule has 0 spiro atoms. The molecular weight excluding hydrogens is 518 g/mol. The maximum absolute atomic E-state index is 12.6. The number of carbonyl (C=O) groups is 2. The summed E-state index contributed by atoms with van der Waals surface area (Å²) in [5.41, 5.74) is -0.937. The first-order valence-electron chi connectivity index (χ1n) is 11.1. The standard InChI is InChI=1S/C23H20B2N2O12/c1-37-25(32)19-7-17(9-21(11-19)27(35)36)23(29)39-13-15-5-3-2-4-14(15)12-38-22(28)16-6-18(24(30)31)10-20(8-16)26(33)34/h2-11,30-32H,12-13H2,1H3. The molecule has 0 atom stereocenters. The van der Waals surface area contributed by atoms with Crippen LogP contribution in [0.2, 0.25) is 0 Å². The molecule has 0 amide bonds. The van der Waals surface area contributed by atoms with E-state index in [1.54, 1.807) is 24.3 Å². The molecule has 0 unspecified atom stereocenters. The van der Waals surface area contributed by atoms with Crippen molar-refractivity contribution in [2.45, 2.75) is 13.2 Å². The zero-order valence-corrected chi connectivity index (χ0v) is 20.3. The van der Waals surface area contributed by atoms with Gasteiger partial charge in [0.2, 0.25) is 0 Å². The molecule has 0 saturated heterocycles. The number of hydrogen-bond acceptors (Lipinski definition) is 12. The normalized spacial score (nSPS) is 10.5. The Labute approximate surface area is 221 Å². The van der Waals surface area contributed by atoms with E-state index in [2.05, 4.69) is 0 Å². The SMILES string of the molecule is COB(O)c1cc(C(=O)OCc2ccccc2COC(=O)c2cc(B(O)O)cc([N+](=O)[O-])c2)cc([N+](=O)[O-])c1. The first kappa shape index (κ1) is 28.9. The lowest BCUT2D eigenvalue weighted by atomic mass is 9.78. The van der Waals surface area contributed by atoms with Crippen molar-refractivity contribution in [1.29, 1.82) is 0 Å². The second-order valence-corrected chi connectivity index (χ2v) is 8.02. The molecule has 39 heavy (non-hydrogen) atoms. The van der Waals surface area contributed by atoms with Crippen LogP contribution in [0.4, 0.5) is 11.4 Å². The summed E-state index contributed by atoms with van der Waals surface area (Å²) in [5, 5.41) is 50.9. The van der Waals surface area contributed by atoms with Gasteiger partial charge in [-0.25, -0.2) is 9.59 Å². The number of nitro benzene ring substituents is 2. The van der Waals surface area contributed by atoms with Gasteiger partial charge < -0.3 is 29.2 Å². The number of hydrogen-bond donors (Lipinski definition) is 3. The smallest absolute Gasteiger partial charge is 0.457 e. The summed E-state index contributed by atoms with van der Waals surface area (Å²) < 4.78 is 15.3. The van der Waals surface area contributed by atoms with Crippen LogP contribution in [-0.4, -0.2) is 58.2 Å². The zero-order valence-electron chi connectivity index (χ0n) is 20.3. The van der Waals surface area contributed by atoms with Crippen molar-refractivity contribution < 1.29 is 48.6 Å². The number of ether oxygens (including phenoxy) is 2. The third-order valence-electron chi connectivity index (χ3n) is 5.42. The Kier molecular flexibility index (Phi) is 9.46. The average Bonchev–Trinajstić information content (AvgIpc) is 2.93. The second-order valence-electron chi connectivity index (χ2n) is 8.02. The van der Waals surface area contributed by atoms with E-state index in [0.717, 1.165) is 30.3 Å². The Morgan fingerprint density at radius 1 is 0.769 bits per heavy atom. The first-order valence-corrected chi connectivity index (χ1v) is 11.1. The van der Waals surface area contributed by atoms with E-state index in [1.165, 1.54) is 13.2 Å². The molecule has 0 aliphatic rings. The van der Waals surface area contributed by atoms with Crippen molar-refractivity contribution in [3.63, 3.8) is 0 Å². The van der Waals surface area contributed by atoms with Crippen molar-refractivity contribution in [3.8, 4) is 0 Å². The molecule has 3 N–H and O–H groups in total. The van der Waals surface area contributed by atoms with Gasteiger partial charge in [0.15, 0.2) is 0 Å². The highest BCUT2D eigenvalue weighted by atomic mass is 16.6. The number of benzene rings is 3. The van der Waals surface area contributed by atoms with E-state index < -0.39 is 47.4 Å². The van der Waals surface area contributed by atoms with Crippen molar-refractivity contribution in [3.05, 3.63) is 103 Å². The molecule has 0 heterocycles. The van der Waals surface area contributed by atoms with Gasteiger partial charge in [-0.3, -0.25) is 20.2 Å². The fourth-order valence-electron chi connectivity index (χ4n) is 3.44. The lowest BCUT2D eigenvalue weighted by Crippen LogP contribution is -2.33. The van der Waals surface area contributed by atoms with Crippen molar-refractivity contribution in [1.82, 2.24) is 0 Å². The summed E-state index contributed by atoms with van der Waals surface area (Å²) in [7, 11) is -2.37. The molecule has 0 aliphatic heterocycles. The second kappa shape index (κ2) is 12.7. The van der Waals surface area contributed by atoms with Gasteiger partial charge in [0, 0.05) is 31.4 Å². The molecule has 0 saturated carbocycles. The van der Waals surface area contributed by atoms with Gasteiger partial charge in [0.25, 0.3) is 11.4 Å². The van der Waals surface area contributed by atoms with Crippen LogP contribution in [-0.2, 0) is 27.3 Å². The monoisotopic (exact) mass is 538 g/mol. The first-order chi connectivity index (χ1) is 18.5. The van der Waals surface area contributed by atoms with Crippen LogP contribution in [0.15, 0.2) is 60.7 Å². The highest BCUT2D eigenvalue weighted by Crippen LogP contribution is 2.18. The lowest BCUT2D eigenvalue weighted by molar-refractivity contribution is -0.385. The molecule has 0 bridgehead atoms. The van der Waals surface area contributed by atoms with E-state index in [0.29, 0.717) is 11.1 Å². The van der Waals surface area contributed by atoms with Gasteiger partial charge in [-0.05, 0) is 34.2 Å². The molecule has 200 valence electrons. The Bertz CT molecular complexity index is 1420. The van der Waals surface area contributed by atoms with Crippen LogP contribution in [0.5, 0.6) is 0 Å². The Morgan fingerprint density at radius 2 is 1.21 bits per heavy atom. The van der Waals surface area contributed by atoms with Gasteiger partial charge in [-0.15, -0.1) is 0 Å². The van der Waals surface area contributed by atoms with Crippen molar-refractivity contribution in [2.75, 3.05) is 7.11 Å². The van der Waals surface area contributed by atoms with Gasteiger partial charge >= 0.3 is 26.2 Å². The highest BCUT2D eigenvalue weighted by Gasteiger charge is 2.24. The number of non-ortho nitro benzene ring substituents is 2. The summed E-state index contributed by atoms with van der Waals surface area (Å²) in [4.78, 5) is 46.0.